The molecule has 4 rings (SSSR count). The summed E-state index contributed by atoms with van der Waals surface area (Å²) in [5, 5.41) is 5.12. The molecule has 5 heteroatoms. The number of fused-ring (bicyclic) bond motifs is 1. The number of rotatable bonds is 6. The van der Waals surface area contributed by atoms with Crippen molar-refractivity contribution in [3.05, 3.63) is 90.9 Å². The Morgan fingerprint density at radius 2 is 1.71 bits per heavy atom. The van der Waals surface area contributed by atoms with E-state index in [-0.39, 0.29) is 12.5 Å². The Labute approximate surface area is 163 Å². The van der Waals surface area contributed by atoms with Crippen LogP contribution in [0.3, 0.4) is 0 Å². The summed E-state index contributed by atoms with van der Waals surface area (Å²) >= 11 is 0. The summed E-state index contributed by atoms with van der Waals surface area (Å²) in [7, 11) is 0. The lowest BCUT2D eigenvalue weighted by atomic mass is 10.1. The fraction of sp³-hybridized carbons (Fsp3) is 0.0870. The Morgan fingerprint density at radius 1 is 0.893 bits per heavy atom. The van der Waals surface area contributed by atoms with E-state index in [0.29, 0.717) is 12.3 Å². The summed E-state index contributed by atoms with van der Waals surface area (Å²) in [5.41, 5.74) is 2.74. The maximum atomic E-state index is 12.2. The molecular weight excluding hydrogens is 350 g/mol. The van der Waals surface area contributed by atoms with E-state index in [1.54, 1.807) is 18.6 Å². The molecule has 0 aliphatic rings. The number of nitrogens with zero attached hydrogens (tertiary/aromatic N) is 2. The van der Waals surface area contributed by atoms with E-state index in [9.17, 15) is 4.79 Å². The third-order valence-corrected chi connectivity index (χ3v) is 4.41. The molecule has 0 unspecified atom stereocenters. The molecule has 1 N–H and O–H groups in total. The molecule has 4 aromatic rings. The van der Waals surface area contributed by atoms with Crippen molar-refractivity contribution in [3.8, 4) is 17.0 Å². The summed E-state index contributed by atoms with van der Waals surface area (Å²) in [6.07, 6.45) is 5.19. The SMILES string of the molecule is O=C(COc1ccc2ccccc2c1)NCc1cccnc1-c1ccncc1. The van der Waals surface area contributed by atoms with Crippen LogP contribution in [-0.2, 0) is 11.3 Å². The highest BCUT2D eigenvalue weighted by atomic mass is 16.5. The average Bonchev–Trinajstić information content (AvgIpc) is 2.77. The number of carbonyl (C=O) groups excluding carboxylic acids is 1. The number of ether oxygens (including phenoxy) is 1. The molecule has 0 bridgehead atoms. The Hall–Kier alpha value is -3.73. The predicted molar refractivity (Wildman–Crippen MR) is 109 cm³/mol. The lowest BCUT2D eigenvalue weighted by Gasteiger charge is -2.11. The van der Waals surface area contributed by atoms with E-state index < -0.39 is 0 Å². The number of pyridine rings is 2. The third kappa shape index (κ3) is 4.15. The molecule has 0 fully saturated rings. The van der Waals surface area contributed by atoms with Crippen LogP contribution in [0.4, 0.5) is 0 Å². The summed E-state index contributed by atoms with van der Waals surface area (Å²) in [6, 6.07) is 21.4. The Kier molecular flexibility index (Phi) is 5.24. The van der Waals surface area contributed by atoms with Gasteiger partial charge in [0.1, 0.15) is 5.75 Å². The Morgan fingerprint density at radius 3 is 2.57 bits per heavy atom. The molecule has 0 saturated carbocycles. The van der Waals surface area contributed by atoms with Gasteiger partial charge in [0.25, 0.3) is 5.91 Å². The second-order valence-corrected chi connectivity index (χ2v) is 6.32. The maximum absolute atomic E-state index is 12.2. The van der Waals surface area contributed by atoms with Crippen LogP contribution in [0, 0.1) is 0 Å². The second kappa shape index (κ2) is 8.31. The van der Waals surface area contributed by atoms with Gasteiger partial charge in [0.2, 0.25) is 0 Å². The smallest absolute Gasteiger partial charge is 0.258 e. The molecule has 28 heavy (non-hydrogen) atoms. The van der Waals surface area contributed by atoms with E-state index in [1.165, 1.54) is 0 Å². The minimum atomic E-state index is -0.183. The van der Waals surface area contributed by atoms with Crippen LogP contribution in [0.1, 0.15) is 5.56 Å². The van der Waals surface area contributed by atoms with E-state index in [0.717, 1.165) is 27.6 Å². The molecular formula is C23H19N3O2. The molecule has 0 aliphatic heterocycles. The fourth-order valence-corrected chi connectivity index (χ4v) is 3.00. The van der Waals surface area contributed by atoms with Crippen LogP contribution in [-0.4, -0.2) is 22.5 Å². The molecule has 5 nitrogen and oxygen atoms in total. The summed E-state index contributed by atoms with van der Waals surface area (Å²) in [6.45, 7) is 0.342. The van der Waals surface area contributed by atoms with E-state index in [1.807, 2.05) is 66.7 Å². The number of amides is 1. The van der Waals surface area contributed by atoms with Gasteiger partial charge in [0, 0.05) is 30.7 Å². The van der Waals surface area contributed by atoms with E-state index in [4.69, 9.17) is 4.74 Å². The van der Waals surface area contributed by atoms with Gasteiger partial charge >= 0.3 is 0 Å². The number of nitrogens with one attached hydrogen (secondary N) is 1. The van der Waals surface area contributed by atoms with Gasteiger partial charge in [-0.15, -0.1) is 0 Å². The largest absolute Gasteiger partial charge is 0.484 e. The molecule has 0 radical (unpaired) electrons. The molecule has 0 spiro atoms. The highest BCUT2D eigenvalue weighted by Crippen LogP contribution is 2.21. The molecule has 2 aromatic heterocycles. The first kappa shape index (κ1) is 17.7. The minimum absolute atomic E-state index is 0.0385. The summed E-state index contributed by atoms with van der Waals surface area (Å²) in [5.74, 6) is 0.491. The highest BCUT2D eigenvalue weighted by molar-refractivity contribution is 5.84. The number of hydrogen-bond donors (Lipinski definition) is 1. The summed E-state index contributed by atoms with van der Waals surface area (Å²) < 4.78 is 5.64. The van der Waals surface area contributed by atoms with Crippen molar-refractivity contribution in [2.45, 2.75) is 6.54 Å². The van der Waals surface area contributed by atoms with Crippen molar-refractivity contribution < 1.29 is 9.53 Å². The minimum Gasteiger partial charge on any atom is -0.484 e. The number of aromatic nitrogens is 2. The van der Waals surface area contributed by atoms with Crippen LogP contribution >= 0.6 is 0 Å². The van der Waals surface area contributed by atoms with Crippen molar-refractivity contribution in [2.75, 3.05) is 6.61 Å². The molecule has 0 saturated heterocycles. The Bertz CT molecular complexity index is 1100. The number of carbonyl (C=O) groups is 1. The van der Waals surface area contributed by atoms with Crippen molar-refractivity contribution in [1.29, 1.82) is 0 Å². The predicted octanol–water partition coefficient (Wildman–Crippen LogP) is 3.99. The highest BCUT2D eigenvalue weighted by Gasteiger charge is 2.08. The standard InChI is InChI=1S/C23H19N3O2/c27-22(16-28-21-8-7-17-4-1-2-5-19(17)14-21)26-15-20-6-3-11-25-23(20)18-9-12-24-13-10-18/h1-14H,15-16H2,(H,26,27). The normalized spacial score (nSPS) is 10.6. The first-order chi connectivity index (χ1) is 13.8. The first-order valence-electron chi connectivity index (χ1n) is 9.02. The van der Waals surface area contributed by atoms with Gasteiger partial charge < -0.3 is 10.1 Å². The van der Waals surface area contributed by atoms with Crippen molar-refractivity contribution >= 4 is 16.7 Å². The van der Waals surface area contributed by atoms with Gasteiger partial charge in [-0.3, -0.25) is 14.8 Å². The topological polar surface area (TPSA) is 64.1 Å². The van der Waals surface area contributed by atoms with E-state index in [2.05, 4.69) is 15.3 Å². The first-order valence-corrected chi connectivity index (χ1v) is 9.02. The maximum Gasteiger partial charge on any atom is 0.258 e. The fourth-order valence-electron chi connectivity index (χ4n) is 3.00. The van der Waals surface area contributed by atoms with Gasteiger partial charge in [-0.25, -0.2) is 0 Å². The lowest BCUT2D eigenvalue weighted by Crippen LogP contribution is -2.28. The van der Waals surface area contributed by atoms with Crippen molar-refractivity contribution in [1.82, 2.24) is 15.3 Å². The van der Waals surface area contributed by atoms with Gasteiger partial charge in [0.15, 0.2) is 6.61 Å². The molecule has 0 aliphatic carbocycles. The molecule has 0 atom stereocenters. The Balaban J connectivity index is 1.37. The van der Waals surface area contributed by atoms with Gasteiger partial charge in [-0.1, -0.05) is 36.4 Å². The quantitative estimate of drug-likeness (QED) is 0.558. The average molecular weight is 369 g/mol. The third-order valence-electron chi connectivity index (χ3n) is 4.41. The van der Waals surface area contributed by atoms with Crippen LogP contribution in [0.25, 0.3) is 22.0 Å². The zero-order valence-corrected chi connectivity index (χ0v) is 15.2. The van der Waals surface area contributed by atoms with Gasteiger partial charge in [0.05, 0.1) is 5.69 Å². The molecule has 1 amide bonds. The molecule has 138 valence electrons. The molecule has 2 aromatic carbocycles. The zero-order valence-electron chi connectivity index (χ0n) is 15.2. The lowest BCUT2D eigenvalue weighted by molar-refractivity contribution is -0.123. The van der Waals surface area contributed by atoms with Gasteiger partial charge in [-0.2, -0.15) is 0 Å². The van der Waals surface area contributed by atoms with Crippen LogP contribution in [0.15, 0.2) is 85.3 Å². The summed E-state index contributed by atoms with van der Waals surface area (Å²) in [4.78, 5) is 20.7. The monoisotopic (exact) mass is 369 g/mol. The van der Waals surface area contributed by atoms with E-state index >= 15 is 0 Å². The van der Waals surface area contributed by atoms with Crippen LogP contribution < -0.4 is 10.1 Å². The second-order valence-electron chi connectivity index (χ2n) is 6.32. The number of hydrogen-bond acceptors (Lipinski definition) is 4. The van der Waals surface area contributed by atoms with Crippen LogP contribution in [0.2, 0.25) is 0 Å². The number of benzene rings is 2. The van der Waals surface area contributed by atoms with Crippen LogP contribution in [0.5, 0.6) is 5.75 Å². The van der Waals surface area contributed by atoms with Crippen molar-refractivity contribution in [2.24, 2.45) is 0 Å². The van der Waals surface area contributed by atoms with Gasteiger partial charge in [-0.05, 0) is 46.7 Å². The zero-order chi connectivity index (χ0) is 19.2. The van der Waals surface area contributed by atoms with Crippen molar-refractivity contribution in [3.63, 3.8) is 0 Å². The molecule has 2 heterocycles.